The fourth-order valence-corrected chi connectivity index (χ4v) is 7.08. The Morgan fingerprint density at radius 1 is 0.542 bits per heavy atom. The molecule has 0 fully saturated rings. The van der Waals surface area contributed by atoms with Crippen LogP contribution in [0.15, 0.2) is 172 Å². The van der Waals surface area contributed by atoms with Crippen molar-refractivity contribution in [3.8, 4) is 22.6 Å². The molecule has 0 bridgehead atoms. The maximum absolute atomic E-state index is 10.3. The monoisotopic (exact) mass is 623 g/mol. The molecule has 5 aromatic carbocycles. The summed E-state index contributed by atoms with van der Waals surface area (Å²) in [7, 11) is 1.08. The van der Waals surface area contributed by atoms with Crippen molar-refractivity contribution in [2.75, 3.05) is 9.62 Å². The van der Waals surface area contributed by atoms with E-state index in [1.807, 2.05) is 12.5 Å². The molecule has 9 heteroatoms. The summed E-state index contributed by atoms with van der Waals surface area (Å²) in [6.07, 6.45) is 3.65. The maximum atomic E-state index is 10.3. The smallest absolute Gasteiger partial charge is 0.332 e. The molecule has 9 rings (SSSR count). The van der Waals surface area contributed by atoms with E-state index in [0.29, 0.717) is 0 Å². The van der Waals surface area contributed by atoms with Gasteiger partial charge in [0.15, 0.2) is 0 Å². The van der Waals surface area contributed by atoms with Crippen molar-refractivity contribution in [2.24, 2.45) is 5.12 Å². The number of hydrogen-bond acceptors (Lipinski definition) is 5. The number of halogens is 1. The van der Waals surface area contributed by atoms with Crippen LogP contribution in [0.4, 0.5) is 27.2 Å². The molecule has 7 aromatic rings. The molecule has 2 aliphatic rings. The van der Waals surface area contributed by atoms with Gasteiger partial charge in [0.05, 0.1) is 12.5 Å². The Kier molecular flexibility index (Phi) is 7.86. The first kappa shape index (κ1) is 29.6. The number of rotatable bonds is 4. The van der Waals surface area contributed by atoms with Gasteiger partial charge < -0.3 is 18.5 Å². The molecule has 4 heterocycles. The third-order valence-corrected chi connectivity index (χ3v) is 9.02. The van der Waals surface area contributed by atoms with Crippen LogP contribution in [0.25, 0.3) is 22.6 Å². The van der Waals surface area contributed by atoms with Gasteiger partial charge in [-0.1, -0.05) is 108 Å². The minimum atomic E-state index is -0.0557. The van der Waals surface area contributed by atoms with E-state index in [1.165, 1.54) is 17.7 Å². The van der Waals surface area contributed by atoms with E-state index in [-0.39, 0.29) is 13.7 Å². The zero-order valence-electron chi connectivity index (χ0n) is 26.3. The molecular formula is C39H29B3FN3O2. The zero-order chi connectivity index (χ0) is 32.5. The Balaban J connectivity index is 0.000000799. The Morgan fingerprint density at radius 3 is 1.25 bits per heavy atom. The molecule has 2 aromatic heterocycles. The summed E-state index contributed by atoms with van der Waals surface area (Å²) in [6.45, 7) is 1.40. The number of para-hydroxylation sites is 2. The van der Waals surface area contributed by atoms with Crippen molar-refractivity contribution < 1.29 is 13.3 Å². The van der Waals surface area contributed by atoms with E-state index < -0.39 is 0 Å². The molecular weight excluding hydrogens is 594 g/mol. The van der Waals surface area contributed by atoms with Crippen LogP contribution in [-0.2, 0) is 0 Å². The fourth-order valence-electron chi connectivity index (χ4n) is 7.08. The van der Waals surface area contributed by atoms with Gasteiger partial charge in [-0.25, -0.2) is 0 Å². The van der Waals surface area contributed by atoms with Crippen molar-refractivity contribution >= 4 is 65.4 Å². The Morgan fingerprint density at radius 2 is 0.896 bits per heavy atom. The molecule has 0 amide bonds. The van der Waals surface area contributed by atoms with Crippen LogP contribution in [0.3, 0.4) is 0 Å². The van der Waals surface area contributed by atoms with Crippen LogP contribution >= 0.6 is 0 Å². The van der Waals surface area contributed by atoms with Crippen LogP contribution in [0, 0.1) is 0 Å². The quantitative estimate of drug-likeness (QED) is 0.190. The molecule has 0 saturated carbocycles. The average molecular weight is 623 g/mol. The molecule has 0 aliphatic carbocycles. The summed E-state index contributed by atoms with van der Waals surface area (Å²) in [4.78, 5) is 4.89. The second kappa shape index (κ2) is 12.8. The third-order valence-electron chi connectivity index (χ3n) is 9.02. The van der Waals surface area contributed by atoms with E-state index in [4.69, 9.17) is 8.83 Å². The summed E-state index contributed by atoms with van der Waals surface area (Å²) in [5.74, 6) is 1.80. The van der Waals surface area contributed by atoms with Gasteiger partial charge in [-0.3, -0.25) is 0 Å². The molecule has 0 atom stereocenters. The molecule has 48 heavy (non-hydrogen) atoms. The van der Waals surface area contributed by atoms with Crippen molar-refractivity contribution in [3.05, 3.63) is 158 Å². The second-order valence-electron chi connectivity index (χ2n) is 11.7. The molecule has 0 radical (unpaired) electrons. The first-order valence-electron chi connectivity index (χ1n) is 16.0. The first-order valence-corrected chi connectivity index (χ1v) is 16.0. The van der Waals surface area contributed by atoms with E-state index in [2.05, 4.69) is 160 Å². The Hall–Kier alpha value is -5.82. The molecule has 0 unspecified atom stereocenters. The van der Waals surface area contributed by atoms with Gasteiger partial charge in [-0.15, -0.1) is 0 Å². The average Bonchev–Trinajstić information content (AvgIpc) is 3.86. The molecule has 5 nitrogen and oxygen atoms in total. The molecule has 2 aliphatic heterocycles. The molecule has 0 spiro atoms. The molecule has 0 saturated heterocycles. The molecule has 228 valence electrons. The molecule has 0 N–H and O–H groups in total. The predicted molar refractivity (Wildman–Crippen MR) is 197 cm³/mol. The van der Waals surface area contributed by atoms with Gasteiger partial charge in [0.25, 0.3) is 0 Å². The summed E-state index contributed by atoms with van der Waals surface area (Å²) < 4.78 is 23.0. The van der Waals surface area contributed by atoms with Gasteiger partial charge in [-0.05, 0) is 59.5 Å². The number of anilines is 4. The fraction of sp³-hybridized carbons (Fsp3) is 0.0256. The van der Waals surface area contributed by atoms with Gasteiger partial charge in [0.2, 0.25) is 0 Å². The third kappa shape index (κ3) is 4.99. The van der Waals surface area contributed by atoms with Crippen molar-refractivity contribution in [2.45, 2.75) is 6.82 Å². The van der Waals surface area contributed by atoms with Crippen LogP contribution in [-0.4, -0.2) is 20.8 Å². The summed E-state index contributed by atoms with van der Waals surface area (Å²) in [5, 5.41) is 2.11. The minimum Gasteiger partial charge on any atom is -0.465 e. The Bertz CT molecular complexity index is 2040. The zero-order valence-corrected chi connectivity index (χ0v) is 26.3. The second-order valence-corrected chi connectivity index (χ2v) is 11.7. The number of benzene rings is 5. The normalized spacial score (nSPS) is 12.8. The van der Waals surface area contributed by atoms with Crippen molar-refractivity contribution in [1.82, 2.24) is 0 Å². The van der Waals surface area contributed by atoms with Gasteiger partial charge in [0.1, 0.15) is 11.5 Å². The Labute approximate surface area is 280 Å². The van der Waals surface area contributed by atoms with E-state index in [1.54, 1.807) is 0 Å². The summed E-state index contributed by atoms with van der Waals surface area (Å²) in [6, 6.07) is 51.5. The van der Waals surface area contributed by atoms with Crippen LogP contribution in [0.2, 0.25) is 6.82 Å². The van der Waals surface area contributed by atoms with Crippen molar-refractivity contribution in [1.29, 1.82) is 0 Å². The van der Waals surface area contributed by atoms with Crippen molar-refractivity contribution in [3.63, 3.8) is 0 Å². The maximum Gasteiger partial charge on any atom is 0.332 e. The largest absolute Gasteiger partial charge is 0.465 e. The van der Waals surface area contributed by atoms with Crippen LogP contribution in [0.1, 0.15) is 0 Å². The van der Waals surface area contributed by atoms with E-state index in [9.17, 15) is 4.48 Å². The number of fused-ring (bicyclic) bond motifs is 6. The number of hydrogen-bond donors (Lipinski definition) is 0. The van der Waals surface area contributed by atoms with Gasteiger partial charge in [0, 0.05) is 33.9 Å². The number of furan rings is 2. The van der Waals surface area contributed by atoms with Crippen LogP contribution < -0.4 is 31.5 Å². The van der Waals surface area contributed by atoms with Gasteiger partial charge in [-0.2, -0.15) is 0 Å². The van der Waals surface area contributed by atoms with E-state index >= 15 is 0 Å². The standard InChI is InChI=1S/C38H26B2N2O2.CH3BFN/c1-5-13-27(14-6-1)39-33-21-23-43-37(33)31-26-36-32(25-35(31)41(39)29-17-9-3-10-18-29)38-34(22-24-44-38)40(28-15-7-2-8-16-28)42(36)30-19-11-4-12-20-30;1-2-4-3/h1-26H;1H3. The minimum absolute atomic E-state index is 0.0557. The predicted octanol–water partition coefficient (Wildman–Crippen LogP) is 7.53. The van der Waals surface area contributed by atoms with Gasteiger partial charge >= 0.3 is 37.2 Å². The summed E-state index contributed by atoms with van der Waals surface area (Å²) in [5.41, 5.74) is 11.2. The van der Waals surface area contributed by atoms with E-state index in [0.717, 1.165) is 63.4 Å². The van der Waals surface area contributed by atoms with Crippen LogP contribution in [0.5, 0.6) is 0 Å². The first-order chi connectivity index (χ1) is 23.8. The SMILES string of the molecule is CB=NF.c1ccc(B2c3ccoc3-c3cc4c(cc3N2c2ccccc2)-c2occc2B(c2ccccc2)N4c2ccccc2)cc1. The summed E-state index contributed by atoms with van der Waals surface area (Å²) >= 11 is 0. The topological polar surface area (TPSA) is 45.1 Å². The number of nitrogens with zero attached hydrogens (tertiary/aromatic N) is 3.